The van der Waals surface area contributed by atoms with Gasteiger partial charge in [-0.3, -0.25) is 4.79 Å². The van der Waals surface area contributed by atoms with Crippen LogP contribution in [0.5, 0.6) is 0 Å². The van der Waals surface area contributed by atoms with Gasteiger partial charge in [0.15, 0.2) is 15.5 Å². The van der Waals surface area contributed by atoms with Crippen LogP contribution < -0.4 is 5.32 Å². The van der Waals surface area contributed by atoms with E-state index in [0.717, 1.165) is 18.5 Å². The third-order valence-electron chi connectivity index (χ3n) is 5.65. The molecule has 0 bridgehead atoms. The summed E-state index contributed by atoms with van der Waals surface area (Å²) in [5.74, 6) is 1.05. The average Bonchev–Trinajstić information content (AvgIpc) is 3.13. The topological polar surface area (TPSA) is 107 Å². The van der Waals surface area contributed by atoms with E-state index in [1.807, 2.05) is 19.1 Å². The Labute approximate surface area is 168 Å². The monoisotopic (exact) mass is 414 g/mol. The first-order valence-corrected chi connectivity index (χ1v) is 11.6. The average molecular weight is 414 g/mol. The number of hydrogen-bond donors (Lipinski definition) is 1. The van der Waals surface area contributed by atoms with E-state index in [0.29, 0.717) is 46.9 Å². The summed E-state index contributed by atoms with van der Waals surface area (Å²) in [4.78, 5) is 17.8. The maximum atomic E-state index is 13.0. The molecule has 3 aromatic rings. The lowest BCUT2D eigenvalue weighted by atomic mass is 10.1. The second kappa shape index (κ2) is 6.69. The second-order valence-corrected chi connectivity index (χ2v) is 10.1. The van der Waals surface area contributed by atoms with Crippen molar-refractivity contribution in [3.8, 4) is 0 Å². The smallest absolute Gasteiger partial charge is 0.252 e. The molecule has 152 valence electrons. The molecule has 0 radical (unpaired) electrons. The Hall–Kier alpha value is -2.68. The van der Waals surface area contributed by atoms with Crippen LogP contribution in [0.2, 0.25) is 0 Å². The molecule has 0 spiro atoms. The van der Waals surface area contributed by atoms with Crippen LogP contribution in [0.25, 0.3) is 11.0 Å². The van der Waals surface area contributed by atoms with E-state index in [9.17, 15) is 13.2 Å². The fourth-order valence-corrected chi connectivity index (χ4v) is 5.69. The zero-order valence-corrected chi connectivity index (χ0v) is 16.9. The van der Waals surface area contributed by atoms with E-state index in [1.165, 1.54) is 0 Å². The van der Waals surface area contributed by atoms with Gasteiger partial charge < -0.3 is 9.73 Å². The standard InChI is InChI=1S/C20H22N4O4S/c1-12-18-16(20(25)21-10-15-3-2-7-28-15)9-17(13-4-5-13)22-19(18)24(23-12)14-6-8-29(26,27)11-14/h2-3,7,9,13-14H,4-6,8,10-11H2,1H3,(H,21,25)/t14-/m1/s1. The van der Waals surface area contributed by atoms with Crippen molar-refractivity contribution in [3.05, 3.63) is 47.2 Å². The number of furan rings is 1. The predicted octanol–water partition coefficient (Wildman–Crippen LogP) is 2.50. The highest BCUT2D eigenvalue weighted by Crippen LogP contribution is 2.41. The third kappa shape index (κ3) is 3.43. The quantitative estimate of drug-likeness (QED) is 0.687. The summed E-state index contributed by atoms with van der Waals surface area (Å²) >= 11 is 0. The largest absolute Gasteiger partial charge is 0.467 e. The Morgan fingerprint density at radius 1 is 1.34 bits per heavy atom. The fourth-order valence-electron chi connectivity index (χ4n) is 4.00. The van der Waals surface area contributed by atoms with Gasteiger partial charge in [0, 0.05) is 11.6 Å². The number of fused-ring (bicyclic) bond motifs is 1. The van der Waals surface area contributed by atoms with Gasteiger partial charge in [-0.15, -0.1) is 0 Å². The Bertz CT molecular complexity index is 1190. The first-order valence-electron chi connectivity index (χ1n) is 9.82. The van der Waals surface area contributed by atoms with Crippen molar-refractivity contribution in [2.24, 2.45) is 0 Å². The van der Waals surface area contributed by atoms with E-state index in [1.54, 1.807) is 17.0 Å². The molecule has 8 nitrogen and oxygen atoms in total. The summed E-state index contributed by atoms with van der Waals surface area (Å²) < 4.78 is 31.0. The van der Waals surface area contributed by atoms with E-state index in [4.69, 9.17) is 9.40 Å². The Kier molecular flexibility index (Phi) is 4.23. The van der Waals surface area contributed by atoms with Crippen molar-refractivity contribution < 1.29 is 17.6 Å². The number of nitrogens with zero attached hydrogens (tertiary/aromatic N) is 3. The molecule has 0 unspecified atom stereocenters. The molecule has 29 heavy (non-hydrogen) atoms. The highest BCUT2D eigenvalue weighted by atomic mass is 32.2. The first-order chi connectivity index (χ1) is 13.9. The predicted molar refractivity (Wildman–Crippen MR) is 106 cm³/mol. The molecule has 1 saturated carbocycles. The first kappa shape index (κ1) is 18.4. The van der Waals surface area contributed by atoms with Crippen LogP contribution in [-0.4, -0.2) is 40.6 Å². The van der Waals surface area contributed by atoms with Crippen molar-refractivity contribution in [3.63, 3.8) is 0 Å². The molecule has 3 aromatic heterocycles. The van der Waals surface area contributed by atoms with Crippen molar-refractivity contribution in [1.29, 1.82) is 0 Å². The SMILES string of the molecule is Cc1nn([C@@H]2CCS(=O)(=O)C2)c2nc(C3CC3)cc(C(=O)NCc3ccco3)c12. The van der Waals surface area contributed by atoms with Gasteiger partial charge in [0.2, 0.25) is 0 Å². The molecule has 1 aliphatic carbocycles. The lowest BCUT2D eigenvalue weighted by molar-refractivity contribution is 0.0949. The zero-order valence-electron chi connectivity index (χ0n) is 16.1. The van der Waals surface area contributed by atoms with Gasteiger partial charge in [-0.05, 0) is 44.4 Å². The van der Waals surface area contributed by atoms with Gasteiger partial charge in [-0.1, -0.05) is 0 Å². The summed E-state index contributed by atoms with van der Waals surface area (Å²) in [6.07, 6.45) is 4.20. The van der Waals surface area contributed by atoms with Crippen molar-refractivity contribution in [2.45, 2.75) is 44.7 Å². The van der Waals surface area contributed by atoms with Crippen LogP contribution in [0.4, 0.5) is 0 Å². The number of aromatic nitrogens is 3. The maximum Gasteiger partial charge on any atom is 0.252 e. The lowest BCUT2D eigenvalue weighted by Crippen LogP contribution is -2.23. The molecule has 1 aliphatic heterocycles. The molecule has 0 aromatic carbocycles. The Morgan fingerprint density at radius 3 is 2.83 bits per heavy atom. The van der Waals surface area contributed by atoms with E-state index < -0.39 is 9.84 Å². The number of rotatable bonds is 5. The highest BCUT2D eigenvalue weighted by Gasteiger charge is 2.34. The number of pyridine rings is 1. The fraction of sp³-hybridized carbons (Fsp3) is 0.450. The van der Waals surface area contributed by atoms with Crippen LogP contribution in [0.3, 0.4) is 0 Å². The minimum Gasteiger partial charge on any atom is -0.467 e. The van der Waals surface area contributed by atoms with Gasteiger partial charge in [-0.2, -0.15) is 5.10 Å². The molecule has 1 atom stereocenters. The van der Waals surface area contributed by atoms with Gasteiger partial charge in [-0.25, -0.2) is 18.1 Å². The molecule has 9 heteroatoms. The van der Waals surface area contributed by atoms with Crippen molar-refractivity contribution in [2.75, 3.05) is 11.5 Å². The van der Waals surface area contributed by atoms with Crippen molar-refractivity contribution in [1.82, 2.24) is 20.1 Å². The Balaban J connectivity index is 1.57. The summed E-state index contributed by atoms with van der Waals surface area (Å²) in [7, 11) is -3.06. The number of amides is 1. The van der Waals surface area contributed by atoms with E-state index in [-0.39, 0.29) is 23.5 Å². The molecule has 4 heterocycles. The summed E-state index contributed by atoms with van der Waals surface area (Å²) in [5.41, 5.74) is 2.70. The summed E-state index contributed by atoms with van der Waals surface area (Å²) in [5, 5.41) is 8.20. The van der Waals surface area contributed by atoms with Gasteiger partial charge in [0.25, 0.3) is 5.91 Å². The number of carbonyl (C=O) groups excluding carboxylic acids is 1. The van der Waals surface area contributed by atoms with Crippen LogP contribution in [0.15, 0.2) is 28.9 Å². The van der Waals surface area contributed by atoms with Crippen molar-refractivity contribution >= 4 is 26.8 Å². The van der Waals surface area contributed by atoms with Gasteiger partial charge in [0.05, 0.1) is 47.0 Å². The normalized spacial score (nSPS) is 20.9. The molecule has 5 rings (SSSR count). The Morgan fingerprint density at radius 2 is 2.17 bits per heavy atom. The molecule has 1 saturated heterocycles. The van der Waals surface area contributed by atoms with Gasteiger partial charge >= 0.3 is 0 Å². The number of nitrogens with one attached hydrogen (secondary N) is 1. The number of aryl methyl sites for hydroxylation is 1. The second-order valence-electron chi connectivity index (χ2n) is 7.92. The summed E-state index contributed by atoms with van der Waals surface area (Å²) in [6, 6.07) is 5.21. The molecule has 1 N–H and O–H groups in total. The van der Waals surface area contributed by atoms with Crippen LogP contribution in [0, 0.1) is 6.92 Å². The maximum absolute atomic E-state index is 13.0. The van der Waals surface area contributed by atoms with Crippen LogP contribution >= 0.6 is 0 Å². The minimum atomic E-state index is -3.06. The highest BCUT2D eigenvalue weighted by molar-refractivity contribution is 7.91. The molecular weight excluding hydrogens is 392 g/mol. The number of hydrogen-bond acceptors (Lipinski definition) is 6. The number of carbonyl (C=O) groups is 1. The van der Waals surface area contributed by atoms with E-state index >= 15 is 0 Å². The van der Waals surface area contributed by atoms with Gasteiger partial charge in [0.1, 0.15) is 5.76 Å². The molecule has 2 fully saturated rings. The van der Waals surface area contributed by atoms with E-state index in [2.05, 4.69) is 10.4 Å². The van der Waals surface area contributed by atoms with Crippen LogP contribution in [-0.2, 0) is 16.4 Å². The van der Waals surface area contributed by atoms with Crippen LogP contribution in [0.1, 0.15) is 58.7 Å². The molecule has 2 aliphatic rings. The minimum absolute atomic E-state index is 0.0680. The molecular formula is C20H22N4O4S. The third-order valence-corrected chi connectivity index (χ3v) is 7.40. The lowest BCUT2D eigenvalue weighted by Gasteiger charge is -2.12. The molecule has 1 amide bonds. The summed E-state index contributed by atoms with van der Waals surface area (Å²) in [6.45, 7) is 2.13. The zero-order chi connectivity index (χ0) is 20.2. The number of sulfone groups is 1.